The molecule has 1 unspecified atom stereocenters. The van der Waals surface area contributed by atoms with E-state index < -0.39 is 0 Å². The van der Waals surface area contributed by atoms with Gasteiger partial charge in [-0.05, 0) is 38.6 Å². The highest BCUT2D eigenvalue weighted by atomic mass is 15.2. The maximum absolute atomic E-state index is 5.64. The first-order valence-electron chi connectivity index (χ1n) is 4.70. The maximum Gasteiger partial charge on any atom is 0.123 e. The quantitative estimate of drug-likeness (QED) is 0.705. The SMILES string of the molecule is CN1CCCC1c1cccc(N)n1. The number of likely N-dealkylation sites (tertiary alicyclic amines) is 1. The molecule has 1 aliphatic rings. The zero-order valence-corrected chi connectivity index (χ0v) is 7.90. The molecule has 0 spiro atoms. The molecule has 0 amide bonds. The second-order valence-electron chi connectivity index (χ2n) is 3.63. The van der Waals surface area contributed by atoms with Crippen LogP contribution < -0.4 is 5.73 Å². The highest BCUT2D eigenvalue weighted by Crippen LogP contribution is 2.28. The Bertz CT molecular complexity index is 298. The van der Waals surface area contributed by atoms with E-state index in [1.54, 1.807) is 0 Å². The minimum atomic E-state index is 0.475. The van der Waals surface area contributed by atoms with Crippen LogP contribution in [0.2, 0.25) is 0 Å². The summed E-state index contributed by atoms with van der Waals surface area (Å²) < 4.78 is 0. The molecule has 0 saturated carbocycles. The van der Waals surface area contributed by atoms with E-state index in [0.29, 0.717) is 11.9 Å². The van der Waals surface area contributed by atoms with Gasteiger partial charge in [-0.1, -0.05) is 6.07 Å². The standard InChI is InChI=1S/C10H15N3/c1-13-7-3-5-9(13)8-4-2-6-10(11)12-8/h2,4,6,9H,3,5,7H2,1H3,(H2,11,12). The monoisotopic (exact) mass is 177 g/mol. The fourth-order valence-electron chi connectivity index (χ4n) is 1.94. The first kappa shape index (κ1) is 8.51. The van der Waals surface area contributed by atoms with Crippen molar-refractivity contribution in [3.63, 3.8) is 0 Å². The molecule has 0 aliphatic carbocycles. The van der Waals surface area contributed by atoms with Crippen LogP contribution in [0.4, 0.5) is 5.82 Å². The van der Waals surface area contributed by atoms with E-state index in [1.165, 1.54) is 19.4 Å². The molecule has 2 heterocycles. The van der Waals surface area contributed by atoms with Gasteiger partial charge in [0.15, 0.2) is 0 Å². The normalized spacial score (nSPS) is 23.6. The zero-order chi connectivity index (χ0) is 9.26. The van der Waals surface area contributed by atoms with Crippen molar-refractivity contribution in [2.75, 3.05) is 19.3 Å². The van der Waals surface area contributed by atoms with Gasteiger partial charge in [0.05, 0.1) is 11.7 Å². The Labute approximate surface area is 78.6 Å². The van der Waals surface area contributed by atoms with Crippen molar-refractivity contribution in [3.8, 4) is 0 Å². The Balaban J connectivity index is 2.24. The molecule has 70 valence electrons. The van der Waals surface area contributed by atoms with Gasteiger partial charge in [0.25, 0.3) is 0 Å². The lowest BCUT2D eigenvalue weighted by Gasteiger charge is -2.18. The Morgan fingerprint density at radius 2 is 2.38 bits per heavy atom. The largest absolute Gasteiger partial charge is 0.384 e. The molecule has 0 aromatic carbocycles. The Morgan fingerprint density at radius 3 is 3.00 bits per heavy atom. The predicted molar refractivity (Wildman–Crippen MR) is 53.3 cm³/mol. The van der Waals surface area contributed by atoms with E-state index >= 15 is 0 Å². The first-order chi connectivity index (χ1) is 6.27. The summed E-state index contributed by atoms with van der Waals surface area (Å²) in [5.74, 6) is 0.623. The Morgan fingerprint density at radius 1 is 1.54 bits per heavy atom. The second kappa shape index (κ2) is 3.34. The van der Waals surface area contributed by atoms with Gasteiger partial charge in [0.1, 0.15) is 5.82 Å². The van der Waals surface area contributed by atoms with E-state index in [2.05, 4.69) is 23.0 Å². The maximum atomic E-state index is 5.64. The summed E-state index contributed by atoms with van der Waals surface area (Å²) >= 11 is 0. The molecule has 0 radical (unpaired) electrons. The third-order valence-electron chi connectivity index (χ3n) is 2.65. The van der Waals surface area contributed by atoms with Crippen molar-refractivity contribution in [3.05, 3.63) is 23.9 Å². The summed E-state index contributed by atoms with van der Waals surface area (Å²) in [7, 11) is 2.14. The topological polar surface area (TPSA) is 42.1 Å². The van der Waals surface area contributed by atoms with Gasteiger partial charge in [0.2, 0.25) is 0 Å². The van der Waals surface area contributed by atoms with Crippen LogP contribution in [0.1, 0.15) is 24.6 Å². The number of hydrogen-bond acceptors (Lipinski definition) is 3. The van der Waals surface area contributed by atoms with Crippen LogP contribution in [0.15, 0.2) is 18.2 Å². The van der Waals surface area contributed by atoms with E-state index in [1.807, 2.05) is 12.1 Å². The van der Waals surface area contributed by atoms with Crippen LogP contribution in [-0.4, -0.2) is 23.5 Å². The number of aromatic nitrogens is 1. The van der Waals surface area contributed by atoms with E-state index in [-0.39, 0.29) is 0 Å². The molecular weight excluding hydrogens is 162 g/mol. The highest BCUT2D eigenvalue weighted by molar-refractivity contribution is 5.30. The molecule has 3 heteroatoms. The molecule has 1 aromatic rings. The van der Waals surface area contributed by atoms with Crippen molar-refractivity contribution >= 4 is 5.82 Å². The molecule has 1 aromatic heterocycles. The number of nitrogens with two attached hydrogens (primary N) is 1. The number of rotatable bonds is 1. The fraction of sp³-hybridized carbons (Fsp3) is 0.500. The van der Waals surface area contributed by atoms with Crippen LogP contribution >= 0.6 is 0 Å². The first-order valence-corrected chi connectivity index (χ1v) is 4.70. The average molecular weight is 177 g/mol. The highest BCUT2D eigenvalue weighted by Gasteiger charge is 2.23. The van der Waals surface area contributed by atoms with Crippen molar-refractivity contribution in [1.82, 2.24) is 9.88 Å². The third-order valence-corrected chi connectivity index (χ3v) is 2.65. The third kappa shape index (κ3) is 1.65. The number of hydrogen-bond donors (Lipinski definition) is 1. The van der Waals surface area contributed by atoms with Gasteiger partial charge in [-0.3, -0.25) is 4.90 Å². The van der Waals surface area contributed by atoms with Crippen molar-refractivity contribution in [1.29, 1.82) is 0 Å². The molecule has 1 fully saturated rings. The van der Waals surface area contributed by atoms with Crippen LogP contribution in [0.3, 0.4) is 0 Å². The lowest BCUT2D eigenvalue weighted by Crippen LogP contribution is -2.18. The Hall–Kier alpha value is -1.09. The molecule has 1 aliphatic heterocycles. The van der Waals surface area contributed by atoms with Crippen LogP contribution in [0.25, 0.3) is 0 Å². The number of pyridine rings is 1. The summed E-state index contributed by atoms with van der Waals surface area (Å²) in [6, 6.07) is 6.34. The summed E-state index contributed by atoms with van der Waals surface area (Å²) in [5, 5.41) is 0. The second-order valence-corrected chi connectivity index (χ2v) is 3.63. The van der Waals surface area contributed by atoms with Gasteiger partial charge in [-0.25, -0.2) is 4.98 Å². The molecule has 0 bridgehead atoms. The zero-order valence-electron chi connectivity index (χ0n) is 7.90. The Kier molecular flexibility index (Phi) is 2.19. The lowest BCUT2D eigenvalue weighted by atomic mass is 10.1. The number of nitrogen functional groups attached to an aromatic ring is 1. The summed E-state index contributed by atoms with van der Waals surface area (Å²) in [4.78, 5) is 6.68. The van der Waals surface area contributed by atoms with Crippen LogP contribution in [0, 0.1) is 0 Å². The molecule has 3 nitrogen and oxygen atoms in total. The van der Waals surface area contributed by atoms with E-state index in [0.717, 1.165) is 5.69 Å². The van der Waals surface area contributed by atoms with Gasteiger partial charge >= 0.3 is 0 Å². The van der Waals surface area contributed by atoms with Gasteiger partial charge in [0, 0.05) is 0 Å². The molecule has 2 rings (SSSR count). The van der Waals surface area contributed by atoms with Gasteiger partial charge in [-0.15, -0.1) is 0 Å². The predicted octanol–water partition coefficient (Wildman–Crippen LogP) is 1.43. The smallest absolute Gasteiger partial charge is 0.123 e. The van der Waals surface area contributed by atoms with Crippen LogP contribution in [0.5, 0.6) is 0 Å². The molecular formula is C10H15N3. The van der Waals surface area contributed by atoms with Crippen molar-refractivity contribution in [2.24, 2.45) is 0 Å². The molecule has 1 atom stereocenters. The van der Waals surface area contributed by atoms with Crippen molar-refractivity contribution < 1.29 is 0 Å². The minimum absolute atomic E-state index is 0.475. The average Bonchev–Trinajstić information content (AvgIpc) is 2.51. The minimum Gasteiger partial charge on any atom is -0.384 e. The molecule has 2 N–H and O–H groups in total. The van der Waals surface area contributed by atoms with E-state index in [4.69, 9.17) is 5.73 Å². The fourth-order valence-corrected chi connectivity index (χ4v) is 1.94. The molecule has 13 heavy (non-hydrogen) atoms. The van der Waals surface area contributed by atoms with Gasteiger partial charge in [-0.2, -0.15) is 0 Å². The number of anilines is 1. The molecule has 1 saturated heterocycles. The lowest BCUT2D eigenvalue weighted by molar-refractivity contribution is 0.312. The van der Waals surface area contributed by atoms with Crippen LogP contribution in [-0.2, 0) is 0 Å². The van der Waals surface area contributed by atoms with Gasteiger partial charge < -0.3 is 5.73 Å². The van der Waals surface area contributed by atoms with E-state index in [9.17, 15) is 0 Å². The number of nitrogens with zero attached hydrogens (tertiary/aromatic N) is 2. The summed E-state index contributed by atoms with van der Waals surface area (Å²) in [6.45, 7) is 1.17. The van der Waals surface area contributed by atoms with Crippen molar-refractivity contribution in [2.45, 2.75) is 18.9 Å². The summed E-state index contributed by atoms with van der Waals surface area (Å²) in [5.41, 5.74) is 6.75. The summed E-state index contributed by atoms with van der Waals surface area (Å²) in [6.07, 6.45) is 2.46.